The fourth-order valence-corrected chi connectivity index (χ4v) is 5.37. The zero-order valence-corrected chi connectivity index (χ0v) is 34.8. The van der Waals surface area contributed by atoms with Gasteiger partial charge in [-0.05, 0) is 12.8 Å². The van der Waals surface area contributed by atoms with Crippen LogP contribution in [0.4, 0.5) is 0 Å². The zero-order chi connectivity index (χ0) is 39.1. The summed E-state index contributed by atoms with van der Waals surface area (Å²) < 4.78 is 54.2. The van der Waals surface area contributed by atoms with E-state index < -0.39 is 0 Å². The lowest BCUT2D eigenvalue weighted by Gasteiger charge is -2.09. The van der Waals surface area contributed by atoms with Crippen LogP contribution in [0.15, 0.2) is 0 Å². The molecule has 0 aliphatic heterocycles. The summed E-state index contributed by atoms with van der Waals surface area (Å²) >= 11 is 0. The first-order chi connectivity index (χ1) is 26.7. The quantitative estimate of drug-likeness (QED) is 0.0438. The topological polar surface area (TPSA) is 126 Å². The summed E-state index contributed by atoms with van der Waals surface area (Å²) in [5, 5.41) is 0. The normalized spacial score (nSPS) is 11.4. The Morgan fingerprint density at radius 1 is 0.259 bits per heavy atom. The predicted octanol–water partition coefficient (Wildman–Crippen LogP) is 8.05. The standard InChI is InChI=1S/C42H82O12/c1-3-5-7-9-10-11-12-13-14-15-16-18-20-22-42(44)54-40-38-52-36-34-50-32-30-48-28-26-46-24-23-45-25-27-47-29-31-49-33-35-51-37-39-53-41(43)21-19-17-8-6-4-2/h3-40H2,1-2H3. The summed E-state index contributed by atoms with van der Waals surface area (Å²) in [5.41, 5.74) is 0. The van der Waals surface area contributed by atoms with E-state index in [4.69, 9.17) is 47.4 Å². The first-order valence-corrected chi connectivity index (χ1v) is 21.6. The third kappa shape index (κ3) is 46.8. The van der Waals surface area contributed by atoms with Crippen LogP contribution in [0.3, 0.4) is 0 Å². The Bertz CT molecular complexity index is 742. The number of rotatable bonds is 47. The second kappa shape index (κ2) is 47.8. The van der Waals surface area contributed by atoms with E-state index in [0.29, 0.717) is 119 Å². The van der Waals surface area contributed by atoms with Crippen molar-refractivity contribution in [3.8, 4) is 0 Å². The molecule has 0 atom stereocenters. The van der Waals surface area contributed by atoms with Crippen LogP contribution in [0, 0.1) is 0 Å². The van der Waals surface area contributed by atoms with E-state index in [9.17, 15) is 9.59 Å². The van der Waals surface area contributed by atoms with Crippen LogP contribution < -0.4 is 0 Å². The van der Waals surface area contributed by atoms with Crippen LogP contribution in [0.25, 0.3) is 0 Å². The predicted molar refractivity (Wildman–Crippen MR) is 212 cm³/mol. The van der Waals surface area contributed by atoms with Crippen LogP contribution in [-0.4, -0.2) is 131 Å². The highest BCUT2D eigenvalue weighted by Gasteiger charge is 2.04. The van der Waals surface area contributed by atoms with Crippen molar-refractivity contribution in [2.45, 2.75) is 142 Å². The number of ether oxygens (including phenoxy) is 10. The Morgan fingerprint density at radius 2 is 0.444 bits per heavy atom. The fraction of sp³-hybridized carbons (Fsp3) is 0.952. The third-order valence-electron chi connectivity index (χ3n) is 8.55. The van der Waals surface area contributed by atoms with E-state index in [1.54, 1.807) is 0 Å². The second-order valence-electron chi connectivity index (χ2n) is 13.5. The second-order valence-corrected chi connectivity index (χ2v) is 13.5. The van der Waals surface area contributed by atoms with Crippen LogP contribution in [-0.2, 0) is 57.0 Å². The molecule has 0 saturated heterocycles. The summed E-state index contributed by atoms with van der Waals surface area (Å²) in [4.78, 5) is 23.5. The van der Waals surface area contributed by atoms with Gasteiger partial charge in [-0.25, -0.2) is 0 Å². The minimum atomic E-state index is -0.148. The van der Waals surface area contributed by atoms with Gasteiger partial charge in [-0.15, -0.1) is 0 Å². The Morgan fingerprint density at radius 3 is 0.667 bits per heavy atom. The van der Waals surface area contributed by atoms with Crippen molar-refractivity contribution in [2.24, 2.45) is 0 Å². The third-order valence-corrected chi connectivity index (χ3v) is 8.55. The molecular formula is C42H82O12. The number of hydrogen-bond donors (Lipinski definition) is 0. The molecule has 0 N–H and O–H groups in total. The molecule has 0 aromatic carbocycles. The van der Waals surface area contributed by atoms with Gasteiger partial charge in [0.25, 0.3) is 0 Å². The lowest BCUT2D eigenvalue weighted by molar-refractivity contribution is -0.146. The molecule has 0 saturated carbocycles. The van der Waals surface area contributed by atoms with E-state index in [0.717, 1.165) is 25.7 Å². The lowest BCUT2D eigenvalue weighted by Crippen LogP contribution is -2.15. The SMILES string of the molecule is CCCCCCCCCCCCCCCC(=O)OCCOCCOCCOCCOCCOCCOCCOCCOCCOC(=O)CCCCCCC. The van der Waals surface area contributed by atoms with Crippen molar-refractivity contribution in [3.63, 3.8) is 0 Å². The number of carbonyl (C=O) groups excluding carboxylic acids is 2. The van der Waals surface area contributed by atoms with E-state index in [1.807, 2.05) is 0 Å². The van der Waals surface area contributed by atoms with Gasteiger partial charge in [-0.1, -0.05) is 117 Å². The Kier molecular flexibility index (Phi) is 46.5. The van der Waals surface area contributed by atoms with E-state index in [1.165, 1.54) is 89.9 Å². The molecule has 0 aromatic heterocycles. The van der Waals surface area contributed by atoms with Gasteiger partial charge in [0.15, 0.2) is 0 Å². The average Bonchev–Trinajstić information content (AvgIpc) is 3.17. The molecule has 54 heavy (non-hydrogen) atoms. The molecule has 0 heterocycles. The van der Waals surface area contributed by atoms with Gasteiger partial charge in [-0.3, -0.25) is 9.59 Å². The van der Waals surface area contributed by atoms with Gasteiger partial charge >= 0.3 is 11.9 Å². The maximum absolute atomic E-state index is 11.9. The van der Waals surface area contributed by atoms with Gasteiger partial charge in [-0.2, -0.15) is 0 Å². The molecule has 12 heteroatoms. The molecule has 0 aromatic rings. The number of carbonyl (C=O) groups is 2. The Hall–Kier alpha value is -1.38. The Balaban J connectivity index is 3.15. The molecule has 0 spiro atoms. The van der Waals surface area contributed by atoms with E-state index >= 15 is 0 Å². The molecule has 322 valence electrons. The zero-order valence-electron chi connectivity index (χ0n) is 34.8. The van der Waals surface area contributed by atoms with E-state index in [2.05, 4.69) is 13.8 Å². The smallest absolute Gasteiger partial charge is 0.305 e. The summed E-state index contributed by atoms with van der Waals surface area (Å²) in [6.45, 7) is 12.5. The minimum absolute atomic E-state index is 0.133. The largest absolute Gasteiger partial charge is 0.463 e. The van der Waals surface area contributed by atoms with Gasteiger partial charge in [0.2, 0.25) is 0 Å². The molecule has 0 bridgehead atoms. The summed E-state index contributed by atoms with van der Waals surface area (Å²) in [6.07, 6.45) is 23.4. The maximum atomic E-state index is 11.9. The van der Waals surface area contributed by atoms with Crippen LogP contribution >= 0.6 is 0 Å². The fourth-order valence-electron chi connectivity index (χ4n) is 5.37. The molecule has 0 radical (unpaired) electrons. The van der Waals surface area contributed by atoms with Gasteiger partial charge in [0.1, 0.15) is 13.2 Å². The molecule has 0 rings (SSSR count). The molecule has 0 unspecified atom stereocenters. The average molecular weight is 779 g/mol. The van der Waals surface area contributed by atoms with Crippen molar-refractivity contribution in [1.82, 2.24) is 0 Å². The Labute approximate surface area is 329 Å². The van der Waals surface area contributed by atoms with Crippen LogP contribution in [0.5, 0.6) is 0 Å². The first kappa shape index (κ1) is 52.6. The molecule has 0 aliphatic rings. The molecule has 0 aliphatic carbocycles. The highest BCUT2D eigenvalue weighted by atomic mass is 16.6. The van der Waals surface area contributed by atoms with Gasteiger partial charge < -0.3 is 47.4 Å². The number of esters is 2. The van der Waals surface area contributed by atoms with E-state index in [-0.39, 0.29) is 25.2 Å². The summed E-state index contributed by atoms with van der Waals surface area (Å²) in [5.74, 6) is -0.281. The van der Waals surface area contributed by atoms with Crippen molar-refractivity contribution >= 4 is 11.9 Å². The van der Waals surface area contributed by atoms with Gasteiger partial charge in [0.05, 0.1) is 106 Å². The van der Waals surface area contributed by atoms with Crippen molar-refractivity contribution < 1.29 is 57.0 Å². The molecule has 12 nitrogen and oxygen atoms in total. The molecular weight excluding hydrogens is 696 g/mol. The summed E-state index contributed by atoms with van der Waals surface area (Å²) in [7, 11) is 0. The monoisotopic (exact) mass is 779 g/mol. The van der Waals surface area contributed by atoms with Crippen molar-refractivity contribution in [1.29, 1.82) is 0 Å². The summed E-state index contributed by atoms with van der Waals surface area (Å²) in [6, 6.07) is 0. The highest BCUT2D eigenvalue weighted by Crippen LogP contribution is 2.13. The van der Waals surface area contributed by atoms with Crippen molar-refractivity contribution in [2.75, 3.05) is 119 Å². The highest BCUT2D eigenvalue weighted by molar-refractivity contribution is 5.69. The van der Waals surface area contributed by atoms with Gasteiger partial charge in [0, 0.05) is 12.8 Å². The van der Waals surface area contributed by atoms with Crippen molar-refractivity contribution in [3.05, 3.63) is 0 Å². The number of hydrogen-bond acceptors (Lipinski definition) is 12. The minimum Gasteiger partial charge on any atom is -0.463 e. The lowest BCUT2D eigenvalue weighted by atomic mass is 10.0. The molecule has 0 fully saturated rings. The van der Waals surface area contributed by atoms with Crippen LogP contribution in [0.1, 0.15) is 142 Å². The number of unbranched alkanes of at least 4 members (excludes halogenated alkanes) is 16. The first-order valence-electron chi connectivity index (χ1n) is 21.6. The molecule has 0 amide bonds. The maximum Gasteiger partial charge on any atom is 0.305 e. The van der Waals surface area contributed by atoms with Crippen LogP contribution in [0.2, 0.25) is 0 Å².